The monoisotopic (exact) mass is 430 g/mol. The number of rotatable bonds is 3. The minimum Gasteiger partial charge on any atom is -0.434 e. The van der Waals surface area contributed by atoms with E-state index in [1.54, 1.807) is 0 Å². The van der Waals surface area contributed by atoms with Gasteiger partial charge >= 0.3 is 18.5 Å². The number of alkyl halides is 5. The van der Waals surface area contributed by atoms with Crippen LogP contribution < -0.4 is 10.4 Å². The Morgan fingerprint density at radius 2 is 1.93 bits per heavy atom. The summed E-state index contributed by atoms with van der Waals surface area (Å²) in [6.07, 6.45) is -4.71. The van der Waals surface area contributed by atoms with Crippen molar-refractivity contribution in [2.45, 2.75) is 12.8 Å². The Morgan fingerprint density at radius 1 is 1.17 bits per heavy atom. The zero-order chi connectivity index (χ0) is 20.9. The number of para-hydroxylation sites is 1. The summed E-state index contributed by atoms with van der Waals surface area (Å²) in [5.74, 6) is -0.548. The van der Waals surface area contributed by atoms with Crippen molar-refractivity contribution >= 4 is 28.2 Å². The second-order valence-corrected chi connectivity index (χ2v) is 6.28. The van der Waals surface area contributed by atoms with Gasteiger partial charge in [-0.1, -0.05) is 17.7 Å². The van der Waals surface area contributed by atoms with Crippen molar-refractivity contribution in [2.24, 2.45) is 0 Å². The number of ether oxygens (including phenoxy) is 1. The number of hydrogen-bond donors (Lipinski definition) is 1. The summed E-state index contributed by atoms with van der Waals surface area (Å²) in [5.41, 5.74) is -2.68. The highest BCUT2D eigenvalue weighted by Gasteiger charge is 2.33. The lowest BCUT2D eigenvalue weighted by Gasteiger charge is -2.09. The molecule has 6 nitrogen and oxygen atoms in total. The third kappa shape index (κ3) is 3.37. The van der Waals surface area contributed by atoms with Gasteiger partial charge in [0.05, 0.1) is 16.6 Å². The second kappa shape index (κ2) is 6.69. The quantitative estimate of drug-likeness (QED) is 0.485. The second-order valence-electron chi connectivity index (χ2n) is 5.85. The summed E-state index contributed by atoms with van der Waals surface area (Å²) < 4.78 is 70.4. The minimum atomic E-state index is -4.71. The van der Waals surface area contributed by atoms with Crippen molar-refractivity contribution in [3.05, 3.63) is 57.5 Å². The molecule has 0 radical (unpaired) electrons. The molecule has 2 heterocycles. The molecule has 0 unspecified atom stereocenters. The maximum atomic E-state index is 13.3. The summed E-state index contributed by atoms with van der Waals surface area (Å²) in [6, 6.07) is 7.08. The van der Waals surface area contributed by atoms with Gasteiger partial charge in [0.2, 0.25) is 0 Å². The highest BCUT2D eigenvalue weighted by Crippen LogP contribution is 2.35. The number of fused-ring (bicyclic) bond motifs is 3. The molecule has 2 aromatic heterocycles. The van der Waals surface area contributed by atoms with Crippen molar-refractivity contribution < 1.29 is 26.7 Å². The van der Waals surface area contributed by atoms with Crippen LogP contribution in [0.1, 0.15) is 5.56 Å². The maximum Gasteiger partial charge on any atom is 0.418 e. The number of hydrogen-bond acceptors (Lipinski definition) is 4. The first-order chi connectivity index (χ1) is 13.6. The van der Waals surface area contributed by atoms with Crippen molar-refractivity contribution in [3.63, 3.8) is 0 Å². The molecule has 0 bridgehead atoms. The van der Waals surface area contributed by atoms with E-state index in [0.29, 0.717) is 0 Å². The van der Waals surface area contributed by atoms with Gasteiger partial charge in [-0.2, -0.15) is 26.5 Å². The zero-order valence-corrected chi connectivity index (χ0v) is 14.7. The van der Waals surface area contributed by atoms with Gasteiger partial charge in [-0.3, -0.25) is 0 Å². The SMILES string of the molecule is O=c1[nH]c2c(C(F)(F)F)cccc2c2nc(-c3ccc(Cl)cc3OC(F)F)nn12. The number of nitrogens with one attached hydrogen (secondary N) is 1. The molecule has 0 saturated heterocycles. The summed E-state index contributed by atoms with van der Waals surface area (Å²) in [4.78, 5) is 18.5. The first-order valence-corrected chi connectivity index (χ1v) is 8.26. The number of aromatic amines is 1. The number of H-pyrrole nitrogens is 1. The van der Waals surface area contributed by atoms with E-state index < -0.39 is 29.6 Å². The number of benzene rings is 2. The van der Waals surface area contributed by atoms with E-state index >= 15 is 0 Å². The first-order valence-electron chi connectivity index (χ1n) is 7.89. The average molecular weight is 431 g/mol. The Hall–Kier alpha value is -3.21. The summed E-state index contributed by atoms with van der Waals surface area (Å²) >= 11 is 5.80. The van der Waals surface area contributed by atoms with Gasteiger partial charge in [0.15, 0.2) is 11.5 Å². The number of aromatic nitrogens is 4. The number of halogens is 6. The van der Waals surface area contributed by atoms with Gasteiger partial charge in [-0.15, -0.1) is 5.10 Å². The van der Waals surface area contributed by atoms with Crippen molar-refractivity contribution in [2.75, 3.05) is 0 Å². The standard InChI is InChI=1S/C17H8ClF5N4O2/c18-7-4-5-8(11(6-7)29-15(19)20)13-25-14-9-2-1-3-10(17(21,22)23)12(9)24-16(28)27(14)26-13/h1-6,15H,(H,24,28). The van der Waals surface area contributed by atoms with Crippen LogP contribution in [0.5, 0.6) is 5.75 Å². The van der Waals surface area contributed by atoms with E-state index in [1.165, 1.54) is 18.2 Å². The predicted octanol–water partition coefficient (Wildman–Crippen LogP) is 4.51. The van der Waals surface area contributed by atoms with Crippen molar-refractivity contribution in [3.8, 4) is 17.1 Å². The summed E-state index contributed by atoms with van der Waals surface area (Å²) in [6.45, 7) is -3.16. The molecule has 2 aromatic carbocycles. The minimum absolute atomic E-state index is 0.0158. The zero-order valence-electron chi connectivity index (χ0n) is 14.0. The third-order valence-electron chi connectivity index (χ3n) is 4.04. The van der Waals surface area contributed by atoms with Gasteiger partial charge < -0.3 is 9.72 Å². The molecule has 1 N–H and O–H groups in total. The van der Waals surface area contributed by atoms with E-state index in [2.05, 4.69) is 19.8 Å². The van der Waals surface area contributed by atoms with Crippen LogP contribution in [0.15, 0.2) is 41.2 Å². The fourth-order valence-corrected chi connectivity index (χ4v) is 3.05. The molecular weight excluding hydrogens is 423 g/mol. The van der Waals surface area contributed by atoms with Crippen LogP contribution in [0.25, 0.3) is 27.9 Å². The van der Waals surface area contributed by atoms with Crippen molar-refractivity contribution in [1.82, 2.24) is 19.6 Å². The Bertz CT molecular complexity index is 1300. The van der Waals surface area contributed by atoms with Crippen molar-refractivity contribution in [1.29, 1.82) is 0 Å². The molecule has 150 valence electrons. The molecule has 0 fully saturated rings. The highest BCUT2D eigenvalue weighted by atomic mass is 35.5. The summed E-state index contributed by atoms with van der Waals surface area (Å²) in [7, 11) is 0. The molecule has 4 rings (SSSR count). The topological polar surface area (TPSA) is 72.3 Å². The van der Waals surface area contributed by atoms with Gasteiger partial charge in [0.1, 0.15) is 5.75 Å². The van der Waals surface area contributed by atoms with Crippen LogP contribution in [-0.2, 0) is 6.18 Å². The van der Waals surface area contributed by atoms with E-state index in [9.17, 15) is 26.7 Å². The normalized spacial score (nSPS) is 12.2. The molecule has 0 saturated carbocycles. The lowest BCUT2D eigenvalue weighted by Crippen LogP contribution is -2.19. The Kier molecular flexibility index (Phi) is 4.41. The molecule has 0 atom stereocenters. The Labute approximate surface area is 162 Å². The smallest absolute Gasteiger partial charge is 0.418 e. The van der Waals surface area contributed by atoms with Crippen LogP contribution in [-0.4, -0.2) is 26.2 Å². The van der Waals surface area contributed by atoms with Crippen LogP contribution in [0.3, 0.4) is 0 Å². The largest absolute Gasteiger partial charge is 0.434 e. The molecule has 0 spiro atoms. The van der Waals surface area contributed by atoms with E-state index in [0.717, 1.165) is 22.7 Å². The van der Waals surface area contributed by atoms with Crippen LogP contribution >= 0.6 is 11.6 Å². The summed E-state index contributed by atoms with van der Waals surface area (Å²) in [5, 5.41) is 4.01. The Morgan fingerprint density at radius 3 is 2.62 bits per heavy atom. The van der Waals surface area contributed by atoms with E-state index in [4.69, 9.17) is 11.6 Å². The predicted molar refractivity (Wildman–Crippen MR) is 93.2 cm³/mol. The highest BCUT2D eigenvalue weighted by molar-refractivity contribution is 6.30. The molecule has 0 amide bonds. The van der Waals surface area contributed by atoms with Gasteiger partial charge in [0.25, 0.3) is 0 Å². The van der Waals surface area contributed by atoms with E-state index in [-0.39, 0.29) is 33.2 Å². The fourth-order valence-electron chi connectivity index (χ4n) is 2.89. The average Bonchev–Trinajstić information content (AvgIpc) is 3.06. The lowest BCUT2D eigenvalue weighted by atomic mass is 10.1. The molecule has 0 aliphatic carbocycles. The maximum absolute atomic E-state index is 13.3. The molecular formula is C17H8ClF5N4O2. The van der Waals surface area contributed by atoms with Gasteiger partial charge in [-0.25, -0.2) is 9.78 Å². The van der Waals surface area contributed by atoms with E-state index in [1.807, 2.05) is 0 Å². The van der Waals surface area contributed by atoms with Crippen LogP contribution in [0.4, 0.5) is 22.0 Å². The van der Waals surface area contributed by atoms with Gasteiger partial charge in [0, 0.05) is 10.4 Å². The number of nitrogens with zero attached hydrogens (tertiary/aromatic N) is 3. The molecule has 12 heteroatoms. The molecule has 0 aliphatic heterocycles. The molecule has 0 aliphatic rings. The molecule has 29 heavy (non-hydrogen) atoms. The first kappa shape index (κ1) is 19.1. The third-order valence-corrected chi connectivity index (χ3v) is 4.28. The fraction of sp³-hybridized carbons (Fsp3) is 0.118. The lowest BCUT2D eigenvalue weighted by molar-refractivity contribution is -0.136. The van der Waals surface area contributed by atoms with Crippen LogP contribution in [0.2, 0.25) is 5.02 Å². The van der Waals surface area contributed by atoms with Crippen LogP contribution in [0, 0.1) is 0 Å². The molecule has 4 aromatic rings. The Balaban J connectivity index is 2.00. The van der Waals surface area contributed by atoms with Gasteiger partial charge in [-0.05, 0) is 30.3 Å².